The van der Waals surface area contributed by atoms with Crippen LogP contribution >= 0.6 is 46.4 Å². The highest BCUT2D eigenvalue weighted by Crippen LogP contribution is 2.37. The van der Waals surface area contributed by atoms with Crippen molar-refractivity contribution in [1.29, 1.82) is 0 Å². The van der Waals surface area contributed by atoms with Gasteiger partial charge in [0.1, 0.15) is 0 Å². The van der Waals surface area contributed by atoms with E-state index in [0.29, 0.717) is 0 Å². The summed E-state index contributed by atoms with van der Waals surface area (Å²) in [5.74, 6) is 0. The van der Waals surface area contributed by atoms with Crippen LogP contribution in [-0.4, -0.2) is 4.33 Å². The third-order valence-electron chi connectivity index (χ3n) is 0.332. The number of rotatable bonds is 1. The first kappa shape index (κ1) is 8.16. The smallest absolute Gasteiger partial charge is 0.0985 e. The van der Waals surface area contributed by atoms with Gasteiger partial charge in [0.05, 0.1) is 0 Å². The van der Waals surface area contributed by atoms with Gasteiger partial charge in [0.2, 0.25) is 0 Å². The summed E-state index contributed by atoms with van der Waals surface area (Å²) in [6.45, 7) is 1.49. The van der Waals surface area contributed by atoms with Crippen molar-refractivity contribution in [3.05, 3.63) is 4.84 Å². The second-order valence-corrected chi connectivity index (χ2v) is 3.80. The van der Waals surface area contributed by atoms with Crippen molar-refractivity contribution in [1.82, 2.24) is 0 Å². The fraction of sp³-hybridized carbons (Fsp3) is 0.667. The van der Waals surface area contributed by atoms with E-state index in [2.05, 4.69) is 0 Å². The van der Waals surface area contributed by atoms with Gasteiger partial charge in [-0.15, -0.1) is 0 Å². The molecule has 4 heteroatoms. The summed E-state index contributed by atoms with van der Waals surface area (Å²) in [7, 11) is 0. The Balaban J connectivity index is 3.54. The Hall–Kier alpha value is 1.16. The third kappa shape index (κ3) is 3.72. The van der Waals surface area contributed by atoms with Gasteiger partial charge < -0.3 is 0 Å². The van der Waals surface area contributed by atoms with Crippen molar-refractivity contribution in [3.63, 3.8) is 0 Å². The zero-order chi connectivity index (χ0) is 6.08. The molecule has 0 bridgehead atoms. The molecular weight excluding hydrogens is 178 g/mol. The SMILES string of the molecule is CC(Cl)(Cl)[C](Cl)Cl. The second-order valence-electron chi connectivity index (χ2n) is 1.15. The highest BCUT2D eigenvalue weighted by molar-refractivity contribution is 6.65. The Kier molecular flexibility index (Phi) is 3.07. The Labute approximate surface area is 62.7 Å². The van der Waals surface area contributed by atoms with Crippen LogP contribution in [0.5, 0.6) is 0 Å². The van der Waals surface area contributed by atoms with E-state index < -0.39 is 4.33 Å². The Morgan fingerprint density at radius 3 is 1.43 bits per heavy atom. The first-order valence-electron chi connectivity index (χ1n) is 1.51. The van der Waals surface area contributed by atoms with Crippen LogP contribution in [0.15, 0.2) is 0 Å². The van der Waals surface area contributed by atoms with Gasteiger partial charge >= 0.3 is 0 Å². The molecule has 0 atom stereocenters. The van der Waals surface area contributed by atoms with Crippen LogP contribution in [0.3, 0.4) is 0 Å². The molecule has 0 aliphatic carbocycles. The predicted octanol–water partition coefficient (Wildman–Crippen LogP) is 3.15. The molecule has 43 valence electrons. The van der Waals surface area contributed by atoms with Crippen LogP contribution in [0, 0.1) is 4.84 Å². The summed E-state index contributed by atoms with van der Waals surface area (Å²) in [5, 5.41) is 0. The van der Waals surface area contributed by atoms with Crippen molar-refractivity contribution < 1.29 is 0 Å². The highest BCUT2D eigenvalue weighted by atomic mass is 35.5. The molecule has 0 N–H and O–H groups in total. The molecule has 0 spiro atoms. The van der Waals surface area contributed by atoms with Gasteiger partial charge in [0.15, 0.2) is 9.17 Å². The zero-order valence-corrected chi connectivity index (χ0v) is 6.54. The first-order chi connectivity index (χ1) is 2.94. The summed E-state index contributed by atoms with van der Waals surface area (Å²) in [5.41, 5.74) is 0. The minimum atomic E-state index is -1.11. The van der Waals surface area contributed by atoms with Crippen molar-refractivity contribution in [3.8, 4) is 0 Å². The molecule has 0 saturated carbocycles. The van der Waals surface area contributed by atoms with E-state index in [9.17, 15) is 0 Å². The largest absolute Gasteiger partial charge is 0.186 e. The van der Waals surface area contributed by atoms with Gasteiger partial charge in [-0.05, 0) is 6.92 Å². The lowest BCUT2D eigenvalue weighted by Gasteiger charge is -2.10. The summed E-state index contributed by atoms with van der Waals surface area (Å²) in [6.07, 6.45) is 0. The van der Waals surface area contributed by atoms with E-state index in [0.717, 1.165) is 0 Å². The lowest BCUT2D eigenvalue weighted by atomic mass is 10.5. The van der Waals surface area contributed by atoms with Crippen LogP contribution < -0.4 is 0 Å². The molecule has 0 fully saturated rings. The summed E-state index contributed by atoms with van der Waals surface area (Å²) in [4.78, 5) is -0.0316. The third-order valence-corrected chi connectivity index (χ3v) is 1.85. The average Bonchev–Trinajstić information content (AvgIpc) is 1.31. The molecule has 7 heavy (non-hydrogen) atoms. The van der Waals surface area contributed by atoms with Crippen molar-refractivity contribution in [2.75, 3.05) is 0 Å². The molecule has 0 aromatic heterocycles. The molecule has 0 nitrogen and oxygen atoms in total. The minimum absolute atomic E-state index is 0.0316. The van der Waals surface area contributed by atoms with Gasteiger partial charge in [0, 0.05) is 0 Å². The molecule has 0 unspecified atom stereocenters. The predicted molar refractivity (Wildman–Crippen MR) is 35.1 cm³/mol. The van der Waals surface area contributed by atoms with E-state index in [1.54, 1.807) is 0 Å². The van der Waals surface area contributed by atoms with Gasteiger partial charge in [-0.1, -0.05) is 46.4 Å². The molecule has 0 aliphatic heterocycles. The van der Waals surface area contributed by atoms with Crippen molar-refractivity contribution in [2.24, 2.45) is 0 Å². The number of alkyl halides is 2. The summed E-state index contributed by atoms with van der Waals surface area (Å²) >= 11 is 21.0. The average molecular weight is 181 g/mol. The minimum Gasteiger partial charge on any atom is -0.0985 e. The van der Waals surface area contributed by atoms with E-state index in [1.165, 1.54) is 6.92 Å². The maximum absolute atomic E-state index is 5.33. The maximum atomic E-state index is 5.33. The Morgan fingerprint density at radius 1 is 1.29 bits per heavy atom. The van der Waals surface area contributed by atoms with Gasteiger partial charge in [-0.3, -0.25) is 0 Å². The first-order valence-corrected chi connectivity index (χ1v) is 3.02. The summed E-state index contributed by atoms with van der Waals surface area (Å²) < 4.78 is -1.11. The molecule has 0 saturated heterocycles. The molecule has 0 aromatic rings. The molecule has 1 radical (unpaired) electrons. The van der Waals surface area contributed by atoms with Crippen LogP contribution in [0.4, 0.5) is 0 Å². The fourth-order valence-corrected chi connectivity index (χ4v) is 0. The van der Waals surface area contributed by atoms with Crippen LogP contribution in [-0.2, 0) is 0 Å². The quantitative estimate of drug-likeness (QED) is 0.545. The number of hydrogen-bond acceptors (Lipinski definition) is 0. The lowest BCUT2D eigenvalue weighted by molar-refractivity contribution is 1.06. The lowest BCUT2D eigenvalue weighted by Crippen LogP contribution is -2.07. The highest BCUT2D eigenvalue weighted by Gasteiger charge is 2.26. The topological polar surface area (TPSA) is 0 Å². The molecule has 0 heterocycles. The van der Waals surface area contributed by atoms with E-state index in [1.807, 2.05) is 0 Å². The Morgan fingerprint density at radius 2 is 1.43 bits per heavy atom. The number of hydrogen-bond donors (Lipinski definition) is 0. The molecule has 0 amide bonds. The molecular formula is C3H3Cl4. The van der Waals surface area contributed by atoms with E-state index in [4.69, 9.17) is 46.4 Å². The monoisotopic (exact) mass is 179 g/mol. The molecule has 0 rings (SSSR count). The standard InChI is InChI=1S/C3H3Cl4/c1-3(6,7)2(4)5/h1H3. The van der Waals surface area contributed by atoms with E-state index >= 15 is 0 Å². The molecule has 0 aliphatic rings. The summed E-state index contributed by atoms with van der Waals surface area (Å²) in [6, 6.07) is 0. The number of halogens is 4. The van der Waals surface area contributed by atoms with Gasteiger partial charge in [-0.2, -0.15) is 0 Å². The van der Waals surface area contributed by atoms with Gasteiger partial charge in [-0.25, -0.2) is 0 Å². The van der Waals surface area contributed by atoms with Crippen LogP contribution in [0.25, 0.3) is 0 Å². The fourth-order valence-electron chi connectivity index (χ4n) is 0. The van der Waals surface area contributed by atoms with Crippen LogP contribution in [0.1, 0.15) is 6.92 Å². The molecule has 0 aromatic carbocycles. The van der Waals surface area contributed by atoms with E-state index in [-0.39, 0.29) is 4.84 Å². The van der Waals surface area contributed by atoms with Gasteiger partial charge in [0.25, 0.3) is 0 Å². The van der Waals surface area contributed by atoms with Crippen molar-refractivity contribution in [2.45, 2.75) is 11.3 Å². The maximum Gasteiger partial charge on any atom is 0.186 e. The zero-order valence-electron chi connectivity index (χ0n) is 3.51. The normalized spacial score (nSPS) is 12.9. The Bertz CT molecular complexity index is 52.4. The second kappa shape index (κ2) is 2.63. The van der Waals surface area contributed by atoms with Crippen molar-refractivity contribution >= 4 is 46.4 Å². The van der Waals surface area contributed by atoms with Crippen LogP contribution in [0.2, 0.25) is 0 Å².